The maximum atomic E-state index is 11.2. The molecule has 0 spiro atoms. The maximum Gasteiger partial charge on any atom is 0.142 e. The Hall–Kier alpha value is -0.130. The fourth-order valence-electron chi connectivity index (χ4n) is 1.33. The molecule has 0 amide bonds. The highest BCUT2D eigenvalue weighted by Gasteiger charge is 2.15. The van der Waals surface area contributed by atoms with Gasteiger partial charge >= 0.3 is 0 Å². The first-order valence-electron chi connectivity index (χ1n) is 4.75. The number of nitrogens with zero attached hydrogens (tertiary/aromatic N) is 2. The number of anilines is 1. The monoisotopic (exact) mass is 324 g/mol. The first kappa shape index (κ1) is 13.9. The van der Waals surface area contributed by atoms with Crippen LogP contribution in [0.15, 0.2) is 16.7 Å². The van der Waals surface area contributed by atoms with E-state index in [9.17, 15) is 4.21 Å². The highest BCUT2D eigenvalue weighted by atomic mass is 79.9. The van der Waals surface area contributed by atoms with E-state index in [0.717, 1.165) is 10.3 Å². The van der Waals surface area contributed by atoms with Crippen LogP contribution in [0.2, 0.25) is 5.02 Å². The van der Waals surface area contributed by atoms with Crippen LogP contribution >= 0.6 is 27.5 Å². The molecule has 0 bridgehead atoms. The van der Waals surface area contributed by atoms with Gasteiger partial charge in [-0.2, -0.15) is 0 Å². The normalized spacial score (nSPS) is 14.6. The smallest absolute Gasteiger partial charge is 0.142 e. The highest BCUT2D eigenvalue weighted by molar-refractivity contribution is 9.10. The molecule has 0 aliphatic rings. The molecular formula is C10H14BrClN2OS. The molecule has 0 saturated carbocycles. The lowest BCUT2D eigenvalue weighted by Crippen LogP contribution is -2.34. The molecule has 16 heavy (non-hydrogen) atoms. The Morgan fingerprint density at radius 1 is 1.69 bits per heavy atom. The van der Waals surface area contributed by atoms with Crippen molar-refractivity contribution in [1.82, 2.24) is 4.98 Å². The lowest BCUT2D eigenvalue weighted by Gasteiger charge is -2.26. The van der Waals surface area contributed by atoms with E-state index < -0.39 is 10.8 Å². The van der Waals surface area contributed by atoms with Gasteiger partial charge in [0.25, 0.3) is 0 Å². The summed E-state index contributed by atoms with van der Waals surface area (Å²) >= 11 is 9.24. The molecule has 0 unspecified atom stereocenters. The Morgan fingerprint density at radius 3 is 2.81 bits per heavy atom. The van der Waals surface area contributed by atoms with E-state index in [2.05, 4.69) is 20.9 Å². The molecule has 0 fully saturated rings. The van der Waals surface area contributed by atoms with Gasteiger partial charge in [0.1, 0.15) is 5.82 Å². The molecule has 1 rings (SSSR count). The van der Waals surface area contributed by atoms with Crippen molar-refractivity contribution in [3.8, 4) is 0 Å². The molecule has 0 N–H and O–H groups in total. The molecule has 1 aromatic heterocycles. The first-order chi connectivity index (χ1) is 7.41. The van der Waals surface area contributed by atoms with Crippen LogP contribution < -0.4 is 4.90 Å². The van der Waals surface area contributed by atoms with E-state index in [1.807, 2.05) is 18.9 Å². The molecule has 0 aliphatic heterocycles. The summed E-state index contributed by atoms with van der Waals surface area (Å²) in [6, 6.07) is 1.96. The van der Waals surface area contributed by atoms with Gasteiger partial charge < -0.3 is 4.90 Å². The predicted molar refractivity (Wildman–Crippen MR) is 73.7 cm³/mol. The molecule has 6 heteroatoms. The van der Waals surface area contributed by atoms with Crippen molar-refractivity contribution in [2.45, 2.75) is 13.0 Å². The number of hydrogen-bond donors (Lipinski definition) is 0. The average Bonchev–Trinajstić information content (AvgIpc) is 2.15. The van der Waals surface area contributed by atoms with Gasteiger partial charge in [-0.1, -0.05) is 11.6 Å². The zero-order valence-corrected chi connectivity index (χ0v) is 12.6. The van der Waals surface area contributed by atoms with Crippen LogP contribution in [-0.4, -0.2) is 34.3 Å². The molecule has 90 valence electrons. The van der Waals surface area contributed by atoms with Crippen molar-refractivity contribution in [2.75, 3.05) is 24.0 Å². The van der Waals surface area contributed by atoms with E-state index in [1.54, 1.807) is 18.5 Å². The van der Waals surface area contributed by atoms with Crippen molar-refractivity contribution in [2.24, 2.45) is 0 Å². The molecule has 0 saturated heterocycles. The van der Waals surface area contributed by atoms with Crippen LogP contribution in [-0.2, 0) is 10.8 Å². The maximum absolute atomic E-state index is 11.2. The zero-order valence-electron chi connectivity index (χ0n) is 9.41. The van der Waals surface area contributed by atoms with E-state index in [-0.39, 0.29) is 6.04 Å². The second-order valence-corrected chi connectivity index (χ2v) is 6.43. The third-order valence-corrected chi connectivity index (χ3v) is 4.00. The molecule has 0 radical (unpaired) electrons. The minimum Gasteiger partial charge on any atom is -0.355 e. The number of halogens is 2. The second kappa shape index (κ2) is 5.98. The van der Waals surface area contributed by atoms with Gasteiger partial charge in [0, 0.05) is 42.1 Å². The fourth-order valence-corrected chi connectivity index (χ4v) is 3.15. The lowest BCUT2D eigenvalue weighted by atomic mass is 10.3. The predicted octanol–water partition coefficient (Wildman–Crippen LogP) is 2.70. The summed E-state index contributed by atoms with van der Waals surface area (Å²) in [7, 11) is 1.12. The quantitative estimate of drug-likeness (QED) is 0.853. The SMILES string of the molecule is C[C@H](C[S@@](C)=O)N(C)c1ncc(Cl)cc1Br. The topological polar surface area (TPSA) is 33.2 Å². The molecular weight excluding hydrogens is 312 g/mol. The van der Waals surface area contributed by atoms with Crippen LogP contribution in [0.3, 0.4) is 0 Å². The summed E-state index contributed by atoms with van der Waals surface area (Å²) in [5, 5.41) is 0.593. The van der Waals surface area contributed by atoms with Gasteiger partial charge in [0.15, 0.2) is 0 Å². The number of aromatic nitrogens is 1. The van der Waals surface area contributed by atoms with Gasteiger partial charge in [-0.3, -0.25) is 4.21 Å². The Labute approximate surface area is 112 Å². The highest BCUT2D eigenvalue weighted by Crippen LogP contribution is 2.26. The van der Waals surface area contributed by atoms with Crippen molar-refractivity contribution in [3.63, 3.8) is 0 Å². The lowest BCUT2D eigenvalue weighted by molar-refractivity contribution is 0.673. The van der Waals surface area contributed by atoms with Gasteiger partial charge in [-0.15, -0.1) is 0 Å². The Morgan fingerprint density at radius 2 is 2.31 bits per heavy atom. The van der Waals surface area contributed by atoms with Gasteiger partial charge in [-0.25, -0.2) is 4.98 Å². The average molecular weight is 326 g/mol. The fraction of sp³-hybridized carbons (Fsp3) is 0.500. The summed E-state index contributed by atoms with van der Waals surface area (Å²) in [4.78, 5) is 6.24. The first-order valence-corrected chi connectivity index (χ1v) is 7.65. The van der Waals surface area contributed by atoms with Crippen LogP contribution in [0, 0.1) is 0 Å². The Kier molecular flexibility index (Phi) is 5.21. The molecule has 0 aliphatic carbocycles. The minimum absolute atomic E-state index is 0.163. The third kappa shape index (κ3) is 3.71. The van der Waals surface area contributed by atoms with Crippen molar-refractivity contribution in [1.29, 1.82) is 0 Å². The van der Waals surface area contributed by atoms with Gasteiger partial charge in [-0.05, 0) is 28.9 Å². The van der Waals surface area contributed by atoms with E-state index in [0.29, 0.717) is 10.8 Å². The van der Waals surface area contributed by atoms with Gasteiger partial charge in [0.2, 0.25) is 0 Å². The van der Waals surface area contributed by atoms with Crippen LogP contribution in [0.5, 0.6) is 0 Å². The Bertz CT molecular complexity index is 402. The number of pyridine rings is 1. The Balaban J connectivity index is 2.87. The van der Waals surface area contributed by atoms with Gasteiger partial charge in [0.05, 0.1) is 9.50 Å². The standard InChI is InChI=1S/C10H14BrClN2OS/c1-7(6-16(3)15)14(2)10-9(11)4-8(12)5-13-10/h4-5,7H,6H2,1-3H3/t7-,16-/m1/s1. The summed E-state index contributed by atoms with van der Waals surface area (Å²) in [5.41, 5.74) is 0. The van der Waals surface area contributed by atoms with Crippen LogP contribution in [0.4, 0.5) is 5.82 Å². The van der Waals surface area contributed by atoms with Crippen LogP contribution in [0.25, 0.3) is 0 Å². The summed E-state index contributed by atoms with van der Waals surface area (Å²) in [5.74, 6) is 1.43. The molecule has 3 nitrogen and oxygen atoms in total. The van der Waals surface area contributed by atoms with E-state index >= 15 is 0 Å². The number of rotatable bonds is 4. The second-order valence-electron chi connectivity index (χ2n) is 3.66. The molecule has 2 atom stereocenters. The minimum atomic E-state index is -0.812. The van der Waals surface area contributed by atoms with Crippen molar-refractivity contribution in [3.05, 3.63) is 21.8 Å². The number of hydrogen-bond acceptors (Lipinski definition) is 3. The largest absolute Gasteiger partial charge is 0.355 e. The van der Waals surface area contributed by atoms with E-state index in [1.165, 1.54) is 0 Å². The van der Waals surface area contributed by atoms with Crippen molar-refractivity contribution < 1.29 is 4.21 Å². The van der Waals surface area contributed by atoms with Crippen LogP contribution in [0.1, 0.15) is 6.92 Å². The molecule has 1 aromatic rings. The molecule has 1 heterocycles. The molecule has 0 aromatic carbocycles. The summed E-state index contributed by atoms with van der Waals surface area (Å²) < 4.78 is 12.0. The summed E-state index contributed by atoms with van der Waals surface area (Å²) in [6.45, 7) is 2.02. The third-order valence-electron chi connectivity index (χ3n) is 2.26. The summed E-state index contributed by atoms with van der Waals surface area (Å²) in [6.07, 6.45) is 3.31. The van der Waals surface area contributed by atoms with Crippen molar-refractivity contribution >= 4 is 44.1 Å². The zero-order chi connectivity index (χ0) is 12.3. The van der Waals surface area contributed by atoms with E-state index in [4.69, 9.17) is 11.6 Å².